The molecule has 1 fully saturated rings. The van der Waals surface area contributed by atoms with Gasteiger partial charge in [0.2, 0.25) is 5.91 Å². The van der Waals surface area contributed by atoms with Gasteiger partial charge in [-0.2, -0.15) is 0 Å². The van der Waals surface area contributed by atoms with E-state index in [9.17, 15) is 4.79 Å². The molecule has 1 aliphatic heterocycles. The first-order valence-corrected chi connectivity index (χ1v) is 6.71. The van der Waals surface area contributed by atoms with Crippen LogP contribution >= 0.6 is 15.9 Å². The van der Waals surface area contributed by atoms with Crippen LogP contribution in [0.2, 0.25) is 0 Å². The summed E-state index contributed by atoms with van der Waals surface area (Å²) in [6.07, 6.45) is 2.06. The SMILES string of the molecule is C[C@H](N)C(=O)N1CCC[C@@H]1c1ccccc1Br. The highest BCUT2D eigenvalue weighted by Crippen LogP contribution is 2.35. The monoisotopic (exact) mass is 296 g/mol. The Bertz CT molecular complexity index is 420. The standard InChI is InChI=1S/C13H17BrN2O/c1-9(15)13(17)16-8-4-7-12(16)10-5-2-3-6-11(10)14/h2-3,5-6,9,12H,4,7-8,15H2,1H3/t9-,12+/m0/s1. The van der Waals surface area contributed by atoms with Crippen molar-refractivity contribution in [3.05, 3.63) is 34.3 Å². The molecule has 1 heterocycles. The molecule has 0 unspecified atom stereocenters. The molecule has 0 bridgehead atoms. The molecule has 2 atom stereocenters. The second-order valence-electron chi connectivity index (χ2n) is 4.50. The maximum absolute atomic E-state index is 12.0. The lowest BCUT2D eigenvalue weighted by Crippen LogP contribution is -2.41. The Morgan fingerprint density at radius 2 is 2.24 bits per heavy atom. The number of benzene rings is 1. The van der Waals surface area contributed by atoms with Crippen molar-refractivity contribution >= 4 is 21.8 Å². The molecule has 0 aromatic heterocycles. The van der Waals surface area contributed by atoms with Crippen molar-refractivity contribution in [2.45, 2.75) is 31.8 Å². The fraction of sp³-hybridized carbons (Fsp3) is 0.462. The predicted octanol–water partition coefficient (Wildman–Crippen LogP) is 2.46. The van der Waals surface area contributed by atoms with Gasteiger partial charge in [0.1, 0.15) is 0 Å². The third-order valence-corrected chi connectivity index (χ3v) is 3.91. The highest BCUT2D eigenvalue weighted by molar-refractivity contribution is 9.10. The van der Waals surface area contributed by atoms with Crippen LogP contribution < -0.4 is 5.73 Å². The van der Waals surface area contributed by atoms with Gasteiger partial charge in [-0.25, -0.2) is 0 Å². The number of amides is 1. The lowest BCUT2D eigenvalue weighted by molar-refractivity contribution is -0.133. The zero-order chi connectivity index (χ0) is 12.4. The highest BCUT2D eigenvalue weighted by atomic mass is 79.9. The van der Waals surface area contributed by atoms with Gasteiger partial charge in [-0.15, -0.1) is 0 Å². The van der Waals surface area contributed by atoms with Crippen LogP contribution in [0.1, 0.15) is 31.4 Å². The topological polar surface area (TPSA) is 46.3 Å². The molecular weight excluding hydrogens is 280 g/mol. The van der Waals surface area contributed by atoms with Crippen LogP contribution in [-0.2, 0) is 4.79 Å². The second-order valence-corrected chi connectivity index (χ2v) is 5.35. The Hall–Kier alpha value is -0.870. The van der Waals surface area contributed by atoms with Gasteiger partial charge in [0, 0.05) is 11.0 Å². The van der Waals surface area contributed by atoms with Crippen LogP contribution in [-0.4, -0.2) is 23.4 Å². The number of carbonyl (C=O) groups excluding carboxylic acids is 1. The van der Waals surface area contributed by atoms with E-state index in [2.05, 4.69) is 22.0 Å². The Morgan fingerprint density at radius 3 is 2.88 bits per heavy atom. The Balaban J connectivity index is 2.26. The number of likely N-dealkylation sites (tertiary alicyclic amines) is 1. The third kappa shape index (κ3) is 2.53. The lowest BCUT2D eigenvalue weighted by Gasteiger charge is -2.27. The first kappa shape index (κ1) is 12.6. The molecule has 1 aliphatic rings. The summed E-state index contributed by atoms with van der Waals surface area (Å²) in [5.41, 5.74) is 6.87. The van der Waals surface area contributed by atoms with E-state index in [-0.39, 0.29) is 11.9 Å². The van der Waals surface area contributed by atoms with Crippen molar-refractivity contribution < 1.29 is 4.79 Å². The molecular formula is C13H17BrN2O. The maximum atomic E-state index is 12.0. The van der Waals surface area contributed by atoms with Gasteiger partial charge in [0.05, 0.1) is 12.1 Å². The molecule has 1 saturated heterocycles. The van der Waals surface area contributed by atoms with Crippen molar-refractivity contribution in [2.24, 2.45) is 5.73 Å². The van der Waals surface area contributed by atoms with Crippen LogP contribution in [0.25, 0.3) is 0 Å². The minimum absolute atomic E-state index is 0.0447. The van der Waals surface area contributed by atoms with E-state index in [0.717, 1.165) is 23.9 Å². The third-order valence-electron chi connectivity index (χ3n) is 3.19. The zero-order valence-corrected chi connectivity index (χ0v) is 11.5. The molecule has 0 spiro atoms. The molecule has 17 heavy (non-hydrogen) atoms. The van der Waals surface area contributed by atoms with Crippen LogP contribution in [0.5, 0.6) is 0 Å². The van der Waals surface area contributed by atoms with E-state index in [1.165, 1.54) is 5.56 Å². The van der Waals surface area contributed by atoms with Crippen LogP contribution in [0.15, 0.2) is 28.7 Å². The first-order chi connectivity index (χ1) is 8.11. The van der Waals surface area contributed by atoms with E-state index in [1.807, 2.05) is 23.1 Å². The fourth-order valence-electron chi connectivity index (χ4n) is 2.36. The number of hydrogen-bond acceptors (Lipinski definition) is 2. The fourth-order valence-corrected chi connectivity index (χ4v) is 2.91. The van der Waals surface area contributed by atoms with Gasteiger partial charge in [-0.3, -0.25) is 4.79 Å². The molecule has 2 N–H and O–H groups in total. The van der Waals surface area contributed by atoms with Gasteiger partial charge in [-0.1, -0.05) is 34.1 Å². The molecule has 2 rings (SSSR count). The Morgan fingerprint density at radius 1 is 1.53 bits per heavy atom. The molecule has 3 nitrogen and oxygen atoms in total. The number of halogens is 1. The van der Waals surface area contributed by atoms with E-state index in [4.69, 9.17) is 5.73 Å². The summed E-state index contributed by atoms with van der Waals surface area (Å²) >= 11 is 3.55. The van der Waals surface area contributed by atoms with Crippen molar-refractivity contribution in [3.63, 3.8) is 0 Å². The van der Waals surface area contributed by atoms with Crippen LogP contribution in [0.4, 0.5) is 0 Å². The summed E-state index contributed by atoms with van der Waals surface area (Å²) in [4.78, 5) is 13.9. The molecule has 1 aromatic rings. The Labute approximate surface area is 110 Å². The number of hydrogen-bond donors (Lipinski definition) is 1. The van der Waals surface area contributed by atoms with Crippen molar-refractivity contribution in [2.75, 3.05) is 6.54 Å². The first-order valence-electron chi connectivity index (χ1n) is 5.91. The maximum Gasteiger partial charge on any atom is 0.239 e. The molecule has 0 aliphatic carbocycles. The van der Waals surface area contributed by atoms with Crippen LogP contribution in [0.3, 0.4) is 0 Å². The summed E-state index contributed by atoms with van der Waals surface area (Å²) in [6.45, 7) is 2.56. The average Bonchev–Trinajstić information content (AvgIpc) is 2.77. The number of nitrogens with zero attached hydrogens (tertiary/aromatic N) is 1. The van der Waals surface area contributed by atoms with Crippen molar-refractivity contribution in [1.82, 2.24) is 4.90 Å². The minimum Gasteiger partial charge on any atom is -0.334 e. The van der Waals surface area contributed by atoms with E-state index in [1.54, 1.807) is 6.92 Å². The molecule has 4 heteroatoms. The van der Waals surface area contributed by atoms with E-state index >= 15 is 0 Å². The number of rotatable bonds is 2. The summed E-state index contributed by atoms with van der Waals surface area (Å²) < 4.78 is 1.06. The normalized spacial score (nSPS) is 21.6. The van der Waals surface area contributed by atoms with E-state index in [0.29, 0.717) is 0 Å². The lowest BCUT2D eigenvalue weighted by atomic mass is 10.0. The van der Waals surface area contributed by atoms with Crippen molar-refractivity contribution in [3.8, 4) is 0 Å². The molecule has 1 amide bonds. The van der Waals surface area contributed by atoms with E-state index < -0.39 is 6.04 Å². The van der Waals surface area contributed by atoms with Gasteiger partial charge in [0.15, 0.2) is 0 Å². The van der Waals surface area contributed by atoms with Gasteiger partial charge in [-0.05, 0) is 31.4 Å². The largest absolute Gasteiger partial charge is 0.334 e. The average molecular weight is 297 g/mol. The smallest absolute Gasteiger partial charge is 0.239 e. The summed E-state index contributed by atoms with van der Waals surface area (Å²) in [5.74, 6) is 0.0447. The summed E-state index contributed by atoms with van der Waals surface area (Å²) in [5, 5.41) is 0. The second kappa shape index (κ2) is 5.19. The Kier molecular flexibility index (Phi) is 3.84. The molecule has 1 aromatic carbocycles. The van der Waals surface area contributed by atoms with Gasteiger partial charge >= 0.3 is 0 Å². The summed E-state index contributed by atoms with van der Waals surface area (Å²) in [7, 11) is 0. The number of carbonyl (C=O) groups is 1. The molecule has 0 radical (unpaired) electrons. The van der Waals surface area contributed by atoms with Crippen LogP contribution in [0, 0.1) is 0 Å². The van der Waals surface area contributed by atoms with Crippen molar-refractivity contribution in [1.29, 1.82) is 0 Å². The predicted molar refractivity (Wildman–Crippen MR) is 71.5 cm³/mol. The highest BCUT2D eigenvalue weighted by Gasteiger charge is 2.32. The minimum atomic E-state index is -0.418. The van der Waals surface area contributed by atoms with Gasteiger partial charge < -0.3 is 10.6 Å². The quantitative estimate of drug-likeness (QED) is 0.911. The molecule has 0 saturated carbocycles. The molecule has 92 valence electrons. The summed E-state index contributed by atoms with van der Waals surface area (Å²) in [6, 6.07) is 7.83. The number of nitrogens with two attached hydrogens (primary N) is 1. The van der Waals surface area contributed by atoms with Gasteiger partial charge in [0.25, 0.3) is 0 Å². The zero-order valence-electron chi connectivity index (χ0n) is 9.90.